The first-order valence-electron chi connectivity index (χ1n) is 3.79. The Bertz CT molecular complexity index is 250. The minimum absolute atomic E-state index is 0.0384. The molecule has 4 nitrogen and oxygen atoms in total. The number of rotatable bonds is 5. The SMILES string of the molecule is CC(C=CCC(=O)O)=CCC(=O)O. The second-order valence-electron chi connectivity index (χ2n) is 2.55. The molecule has 0 unspecified atom stereocenters. The Kier molecular flexibility index (Phi) is 5.27. The second-order valence-corrected chi connectivity index (χ2v) is 2.55. The minimum atomic E-state index is -0.901. The van der Waals surface area contributed by atoms with Crippen molar-refractivity contribution in [2.45, 2.75) is 19.8 Å². The van der Waals surface area contributed by atoms with E-state index in [0.717, 1.165) is 5.57 Å². The topological polar surface area (TPSA) is 74.6 Å². The van der Waals surface area contributed by atoms with E-state index in [-0.39, 0.29) is 12.8 Å². The van der Waals surface area contributed by atoms with Crippen molar-refractivity contribution in [2.24, 2.45) is 0 Å². The molecule has 0 saturated carbocycles. The third-order valence-corrected chi connectivity index (χ3v) is 1.27. The van der Waals surface area contributed by atoms with E-state index in [0.29, 0.717) is 0 Å². The average Bonchev–Trinajstić information content (AvgIpc) is 2.00. The number of aliphatic carboxylic acids is 2. The molecule has 0 rings (SSSR count). The number of carboxylic acids is 2. The maximum Gasteiger partial charge on any atom is 0.307 e. The zero-order valence-corrected chi connectivity index (χ0v) is 7.36. The number of hydrogen-bond donors (Lipinski definition) is 2. The van der Waals surface area contributed by atoms with Gasteiger partial charge in [0.05, 0.1) is 12.8 Å². The molecule has 0 aliphatic carbocycles. The lowest BCUT2D eigenvalue weighted by atomic mass is 10.2. The van der Waals surface area contributed by atoms with E-state index in [1.165, 1.54) is 12.2 Å². The summed E-state index contributed by atoms with van der Waals surface area (Å²) in [7, 11) is 0. The highest BCUT2D eigenvalue weighted by atomic mass is 16.4. The predicted molar refractivity (Wildman–Crippen MR) is 47.4 cm³/mol. The molecule has 0 aliphatic rings. The van der Waals surface area contributed by atoms with E-state index < -0.39 is 11.9 Å². The summed E-state index contributed by atoms with van der Waals surface area (Å²) < 4.78 is 0. The Hall–Kier alpha value is -1.58. The predicted octanol–water partition coefficient (Wildman–Crippen LogP) is 1.44. The maximum absolute atomic E-state index is 10.1. The smallest absolute Gasteiger partial charge is 0.307 e. The number of allylic oxidation sites excluding steroid dienone is 2. The van der Waals surface area contributed by atoms with E-state index >= 15 is 0 Å². The van der Waals surface area contributed by atoms with Crippen molar-refractivity contribution in [1.82, 2.24) is 0 Å². The third-order valence-electron chi connectivity index (χ3n) is 1.27. The largest absolute Gasteiger partial charge is 0.481 e. The van der Waals surface area contributed by atoms with Crippen LogP contribution in [0.15, 0.2) is 23.8 Å². The van der Waals surface area contributed by atoms with Gasteiger partial charge in [-0.15, -0.1) is 0 Å². The van der Waals surface area contributed by atoms with E-state index in [4.69, 9.17) is 10.2 Å². The zero-order valence-electron chi connectivity index (χ0n) is 7.36. The first kappa shape index (κ1) is 11.4. The third kappa shape index (κ3) is 8.33. The van der Waals surface area contributed by atoms with Crippen molar-refractivity contribution >= 4 is 11.9 Å². The van der Waals surface area contributed by atoms with Gasteiger partial charge in [0.15, 0.2) is 0 Å². The van der Waals surface area contributed by atoms with Crippen molar-refractivity contribution in [3.63, 3.8) is 0 Å². The summed E-state index contributed by atoms with van der Waals surface area (Å²) >= 11 is 0. The Morgan fingerprint density at radius 3 is 2.15 bits per heavy atom. The lowest BCUT2D eigenvalue weighted by molar-refractivity contribution is -0.137. The fourth-order valence-corrected chi connectivity index (χ4v) is 0.662. The monoisotopic (exact) mass is 184 g/mol. The molecular formula is C9H12O4. The first-order chi connectivity index (χ1) is 6.02. The molecule has 0 aromatic carbocycles. The van der Waals surface area contributed by atoms with Gasteiger partial charge in [0.2, 0.25) is 0 Å². The van der Waals surface area contributed by atoms with Crippen LogP contribution in [0.5, 0.6) is 0 Å². The quantitative estimate of drug-likeness (QED) is 0.634. The minimum Gasteiger partial charge on any atom is -0.481 e. The summed E-state index contributed by atoms with van der Waals surface area (Å²) in [5, 5.41) is 16.6. The van der Waals surface area contributed by atoms with Crippen molar-refractivity contribution in [2.75, 3.05) is 0 Å². The number of carbonyl (C=O) groups is 2. The molecule has 0 aliphatic heterocycles. The summed E-state index contributed by atoms with van der Waals surface area (Å²) in [5.74, 6) is -1.80. The Morgan fingerprint density at radius 2 is 1.69 bits per heavy atom. The van der Waals surface area contributed by atoms with Crippen molar-refractivity contribution in [3.05, 3.63) is 23.8 Å². The van der Waals surface area contributed by atoms with Crippen LogP contribution in [0.3, 0.4) is 0 Å². The van der Waals surface area contributed by atoms with Crippen LogP contribution in [-0.4, -0.2) is 22.2 Å². The molecule has 0 saturated heterocycles. The summed E-state index contributed by atoms with van der Waals surface area (Å²) in [6, 6.07) is 0. The van der Waals surface area contributed by atoms with Crippen LogP contribution in [0.4, 0.5) is 0 Å². The lowest BCUT2D eigenvalue weighted by Crippen LogP contribution is -1.91. The fraction of sp³-hybridized carbons (Fsp3) is 0.333. The zero-order chi connectivity index (χ0) is 10.3. The van der Waals surface area contributed by atoms with Crippen LogP contribution in [0, 0.1) is 0 Å². The molecule has 0 fully saturated rings. The van der Waals surface area contributed by atoms with Gasteiger partial charge in [-0.2, -0.15) is 0 Å². The van der Waals surface area contributed by atoms with Crippen LogP contribution in [0.2, 0.25) is 0 Å². The molecule has 72 valence electrons. The summed E-state index contributed by atoms with van der Waals surface area (Å²) in [5.41, 5.74) is 0.753. The molecule has 13 heavy (non-hydrogen) atoms. The number of carboxylic acid groups (broad SMARTS) is 2. The molecular weight excluding hydrogens is 172 g/mol. The van der Waals surface area contributed by atoms with Crippen molar-refractivity contribution < 1.29 is 19.8 Å². The molecule has 0 aromatic rings. The van der Waals surface area contributed by atoms with Crippen LogP contribution < -0.4 is 0 Å². The highest BCUT2D eigenvalue weighted by Gasteiger charge is 1.92. The Balaban J connectivity index is 3.91. The molecule has 2 N–H and O–H groups in total. The fourth-order valence-electron chi connectivity index (χ4n) is 0.662. The Labute approximate surface area is 76.2 Å². The summed E-state index contributed by atoms with van der Waals surface area (Å²) in [4.78, 5) is 20.2. The summed E-state index contributed by atoms with van der Waals surface area (Å²) in [6.07, 6.45) is 4.52. The van der Waals surface area contributed by atoms with Gasteiger partial charge in [0.1, 0.15) is 0 Å². The average molecular weight is 184 g/mol. The molecule has 0 bridgehead atoms. The molecule has 0 atom stereocenters. The van der Waals surface area contributed by atoms with Gasteiger partial charge in [0.25, 0.3) is 0 Å². The van der Waals surface area contributed by atoms with Gasteiger partial charge in [0, 0.05) is 0 Å². The van der Waals surface area contributed by atoms with E-state index in [1.807, 2.05) is 0 Å². The Morgan fingerprint density at radius 1 is 1.15 bits per heavy atom. The molecule has 0 amide bonds. The van der Waals surface area contributed by atoms with E-state index in [9.17, 15) is 9.59 Å². The van der Waals surface area contributed by atoms with Gasteiger partial charge in [-0.05, 0) is 6.92 Å². The van der Waals surface area contributed by atoms with Crippen LogP contribution in [0.25, 0.3) is 0 Å². The first-order valence-corrected chi connectivity index (χ1v) is 3.79. The van der Waals surface area contributed by atoms with Crippen molar-refractivity contribution in [3.8, 4) is 0 Å². The normalized spacial score (nSPS) is 11.9. The van der Waals surface area contributed by atoms with Gasteiger partial charge in [-0.25, -0.2) is 0 Å². The highest BCUT2D eigenvalue weighted by molar-refractivity contribution is 5.69. The maximum atomic E-state index is 10.1. The molecule has 0 heterocycles. The standard InChI is InChI=1S/C9H12O4/c1-7(5-6-9(12)13)3-2-4-8(10)11/h2-3,5H,4,6H2,1H3,(H,10,11)(H,12,13). The van der Waals surface area contributed by atoms with Gasteiger partial charge >= 0.3 is 11.9 Å². The van der Waals surface area contributed by atoms with Crippen LogP contribution >= 0.6 is 0 Å². The molecule has 0 radical (unpaired) electrons. The van der Waals surface area contributed by atoms with Gasteiger partial charge in [-0.1, -0.05) is 23.8 Å². The highest BCUT2D eigenvalue weighted by Crippen LogP contribution is 1.98. The van der Waals surface area contributed by atoms with Gasteiger partial charge in [-0.3, -0.25) is 9.59 Å². The van der Waals surface area contributed by atoms with E-state index in [2.05, 4.69) is 0 Å². The van der Waals surface area contributed by atoms with Crippen LogP contribution in [-0.2, 0) is 9.59 Å². The molecule has 0 aromatic heterocycles. The van der Waals surface area contributed by atoms with E-state index in [1.54, 1.807) is 13.0 Å². The van der Waals surface area contributed by atoms with Crippen LogP contribution in [0.1, 0.15) is 19.8 Å². The number of hydrogen-bond acceptors (Lipinski definition) is 2. The van der Waals surface area contributed by atoms with Gasteiger partial charge < -0.3 is 10.2 Å². The van der Waals surface area contributed by atoms with Crippen molar-refractivity contribution in [1.29, 1.82) is 0 Å². The molecule has 0 spiro atoms. The summed E-state index contributed by atoms with van der Waals surface area (Å²) in [6.45, 7) is 1.72. The molecule has 4 heteroatoms. The lowest BCUT2D eigenvalue weighted by Gasteiger charge is -1.90. The second kappa shape index (κ2) is 5.99.